The molecule has 0 aliphatic carbocycles. The van der Waals surface area contributed by atoms with Crippen LogP contribution in [0.2, 0.25) is 0 Å². The van der Waals surface area contributed by atoms with Crippen LogP contribution in [0.15, 0.2) is 18.2 Å². The summed E-state index contributed by atoms with van der Waals surface area (Å²) >= 11 is 1.49. The number of ether oxygens (including phenoxy) is 2. The van der Waals surface area contributed by atoms with Crippen molar-refractivity contribution >= 4 is 16.3 Å². The van der Waals surface area contributed by atoms with E-state index in [4.69, 9.17) is 9.47 Å². The molecule has 29 heavy (non-hydrogen) atoms. The number of rotatable bonds is 5. The molecule has 3 aromatic rings. The summed E-state index contributed by atoms with van der Waals surface area (Å²) in [4.78, 5) is 8.47. The third kappa shape index (κ3) is 3.67. The number of fused-ring (bicyclic) bond motifs is 1. The van der Waals surface area contributed by atoms with E-state index >= 15 is 0 Å². The minimum absolute atomic E-state index is 0.103. The zero-order chi connectivity index (χ0) is 20.7. The van der Waals surface area contributed by atoms with E-state index < -0.39 is 0 Å². The fourth-order valence-electron chi connectivity index (χ4n) is 4.50. The Morgan fingerprint density at radius 3 is 2.45 bits per heavy atom. The third-order valence-corrected chi connectivity index (χ3v) is 6.61. The molecule has 7 nitrogen and oxygen atoms in total. The number of methoxy groups -OCH3 is 2. The van der Waals surface area contributed by atoms with Crippen molar-refractivity contribution < 1.29 is 14.6 Å². The number of nitrogens with zero attached hydrogens (tertiary/aromatic N) is 4. The Morgan fingerprint density at radius 2 is 1.83 bits per heavy atom. The highest BCUT2D eigenvalue weighted by Gasteiger charge is 2.34. The van der Waals surface area contributed by atoms with Gasteiger partial charge in [-0.25, -0.2) is 4.98 Å². The van der Waals surface area contributed by atoms with Gasteiger partial charge in [-0.15, -0.1) is 5.10 Å². The van der Waals surface area contributed by atoms with Gasteiger partial charge in [0.2, 0.25) is 10.8 Å². The molecule has 1 aliphatic rings. The van der Waals surface area contributed by atoms with Crippen LogP contribution in [-0.2, 0) is 0 Å². The van der Waals surface area contributed by atoms with Gasteiger partial charge in [0.25, 0.3) is 0 Å². The van der Waals surface area contributed by atoms with Gasteiger partial charge in [-0.05, 0) is 42.9 Å². The number of likely N-dealkylation sites (tertiary alicyclic amines) is 1. The van der Waals surface area contributed by atoms with E-state index in [1.165, 1.54) is 17.8 Å². The van der Waals surface area contributed by atoms with Gasteiger partial charge in [0.05, 0.1) is 25.1 Å². The second kappa shape index (κ2) is 7.84. The van der Waals surface area contributed by atoms with E-state index in [0.29, 0.717) is 34.1 Å². The number of hydrogen-bond acceptors (Lipinski definition) is 7. The van der Waals surface area contributed by atoms with Crippen LogP contribution < -0.4 is 9.47 Å². The van der Waals surface area contributed by atoms with Crippen LogP contribution in [-0.4, -0.2) is 51.9 Å². The average molecular weight is 417 g/mol. The predicted molar refractivity (Wildman–Crippen MR) is 113 cm³/mol. The first kappa shape index (κ1) is 20.0. The first-order valence-electron chi connectivity index (χ1n) is 9.92. The summed E-state index contributed by atoms with van der Waals surface area (Å²) in [5, 5.41) is 15.4. The normalized spacial score (nSPS) is 21.4. The summed E-state index contributed by atoms with van der Waals surface area (Å²) in [5.41, 5.74) is 1.06. The summed E-state index contributed by atoms with van der Waals surface area (Å²) in [6, 6.07) is 5.88. The van der Waals surface area contributed by atoms with Gasteiger partial charge in [0.15, 0.2) is 11.5 Å². The van der Waals surface area contributed by atoms with Gasteiger partial charge in [-0.3, -0.25) is 4.90 Å². The van der Waals surface area contributed by atoms with Crippen molar-refractivity contribution in [3.8, 4) is 17.4 Å². The van der Waals surface area contributed by atoms with Gasteiger partial charge >= 0.3 is 0 Å². The number of hydrogen-bond donors (Lipinski definition) is 1. The molecule has 156 valence electrons. The standard InChI is InChI=1S/C21H28N4O3S/c1-12-8-13(2)11-24(10-12)18(15-6-7-16(27-4)17(9-15)28-5)19-20(26)25-21(29-19)22-14(3)23-25/h6-7,9,12-13,18,26H,8,10-11H2,1-5H3/t12-,13-,18-/m0/s1. The molecule has 0 spiro atoms. The molecule has 1 aromatic carbocycles. The molecule has 1 N–H and O–H groups in total. The van der Waals surface area contributed by atoms with Gasteiger partial charge in [0, 0.05) is 13.1 Å². The lowest BCUT2D eigenvalue weighted by molar-refractivity contribution is 0.111. The second-order valence-corrected chi connectivity index (χ2v) is 9.07. The Bertz CT molecular complexity index is 1000. The van der Waals surface area contributed by atoms with Crippen molar-refractivity contribution in [2.75, 3.05) is 27.3 Å². The molecule has 0 unspecified atom stereocenters. The maximum absolute atomic E-state index is 11.0. The number of aromatic nitrogens is 3. The predicted octanol–water partition coefficient (Wildman–Crippen LogP) is 3.89. The van der Waals surface area contributed by atoms with E-state index in [2.05, 4.69) is 34.9 Å². The molecule has 3 atom stereocenters. The van der Waals surface area contributed by atoms with Crippen molar-refractivity contribution in [3.05, 3.63) is 34.5 Å². The van der Waals surface area contributed by atoms with Crippen LogP contribution in [0, 0.1) is 18.8 Å². The zero-order valence-electron chi connectivity index (χ0n) is 17.5. The molecular formula is C21H28N4O3S. The smallest absolute Gasteiger partial charge is 0.230 e. The Morgan fingerprint density at radius 1 is 1.14 bits per heavy atom. The number of thiazole rings is 1. The van der Waals surface area contributed by atoms with E-state index in [9.17, 15) is 5.11 Å². The van der Waals surface area contributed by atoms with Gasteiger partial charge in [-0.2, -0.15) is 4.52 Å². The lowest BCUT2D eigenvalue weighted by atomic mass is 9.89. The van der Waals surface area contributed by atoms with Gasteiger partial charge in [-0.1, -0.05) is 31.3 Å². The fraction of sp³-hybridized carbons (Fsp3) is 0.524. The molecule has 1 fully saturated rings. The maximum Gasteiger partial charge on any atom is 0.230 e. The summed E-state index contributed by atoms with van der Waals surface area (Å²) < 4.78 is 12.5. The highest BCUT2D eigenvalue weighted by molar-refractivity contribution is 7.17. The quantitative estimate of drug-likeness (QED) is 0.680. The van der Waals surface area contributed by atoms with E-state index in [1.54, 1.807) is 18.7 Å². The maximum atomic E-state index is 11.0. The van der Waals surface area contributed by atoms with Crippen molar-refractivity contribution in [2.24, 2.45) is 11.8 Å². The highest BCUT2D eigenvalue weighted by Crippen LogP contribution is 2.43. The molecule has 1 aliphatic heterocycles. The Hall–Kier alpha value is -2.32. The van der Waals surface area contributed by atoms with E-state index in [-0.39, 0.29) is 11.9 Å². The minimum Gasteiger partial charge on any atom is -0.493 e. The molecule has 1 saturated heterocycles. The number of benzene rings is 1. The molecule has 3 heterocycles. The Balaban J connectivity index is 1.85. The summed E-state index contributed by atoms with van der Waals surface area (Å²) in [6.45, 7) is 8.35. The number of aryl methyl sites for hydroxylation is 1. The van der Waals surface area contributed by atoms with Crippen molar-refractivity contribution in [2.45, 2.75) is 33.2 Å². The van der Waals surface area contributed by atoms with Crippen molar-refractivity contribution in [1.82, 2.24) is 19.5 Å². The monoisotopic (exact) mass is 416 g/mol. The lowest BCUT2D eigenvalue weighted by Crippen LogP contribution is -2.41. The first-order chi connectivity index (χ1) is 13.9. The van der Waals surface area contributed by atoms with Crippen LogP contribution in [0.4, 0.5) is 0 Å². The molecule has 8 heteroatoms. The number of aromatic hydroxyl groups is 1. The summed E-state index contributed by atoms with van der Waals surface area (Å²) in [7, 11) is 3.28. The molecule has 0 amide bonds. The molecule has 0 radical (unpaired) electrons. The van der Waals surface area contributed by atoms with Crippen LogP contribution in [0.1, 0.15) is 42.6 Å². The zero-order valence-corrected chi connectivity index (χ0v) is 18.4. The van der Waals surface area contributed by atoms with Gasteiger partial charge in [0.1, 0.15) is 5.82 Å². The summed E-state index contributed by atoms with van der Waals surface area (Å²) in [5.74, 6) is 3.37. The largest absolute Gasteiger partial charge is 0.493 e. The molecule has 0 saturated carbocycles. The summed E-state index contributed by atoms with van der Waals surface area (Å²) in [6.07, 6.45) is 1.22. The van der Waals surface area contributed by atoms with Crippen LogP contribution >= 0.6 is 11.3 Å². The molecular weight excluding hydrogens is 388 g/mol. The third-order valence-electron chi connectivity index (χ3n) is 5.54. The Labute approximate surface area is 174 Å². The van der Waals surface area contributed by atoms with Crippen LogP contribution in [0.25, 0.3) is 4.96 Å². The Kier molecular flexibility index (Phi) is 5.40. The second-order valence-electron chi connectivity index (χ2n) is 8.06. The lowest BCUT2D eigenvalue weighted by Gasteiger charge is -2.40. The van der Waals surface area contributed by atoms with Crippen LogP contribution in [0.3, 0.4) is 0 Å². The van der Waals surface area contributed by atoms with E-state index in [0.717, 1.165) is 23.5 Å². The molecule has 0 bridgehead atoms. The number of piperidine rings is 1. The van der Waals surface area contributed by atoms with Crippen LogP contribution in [0.5, 0.6) is 17.4 Å². The average Bonchev–Trinajstić information content (AvgIpc) is 3.18. The SMILES string of the molecule is COc1ccc([C@@H](c2sc3nc(C)nn3c2O)N2C[C@@H](C)C[C@H](C)C2)cc1OC. The van der Waals surface area contributed by atoms with Gasteiger partial charge < -0.3 is 14.6 Å². The van der Waals surface area contributed by atoms with Crippen molar-refractivity contribution in [1.29, 1.82) is 0 Å². The van der Waals surface area contributed by atoms with E-state index in [1.807, 2.05) is 19.1 Å². The molecule has 2 aromatic heterocycles. The topological polar surface area (TPSA) is 72.1 Å². The fourth-order valence-corrected chi connectivity index (χ4v) is 5.66. The first-order valence-corrected chi connectivity index (χ1v) is 10.7. The van der Waals surface area contributed by atoms with Crippen molar-refractivity contribution in [3.63, 3.8) is 0 Å². The molecule has 4 rings (SSSR count). The highest BCUT2D eigenvalue weighted by atomic mass is 32.1. The minimum atomic E-state index is -0.103.